The summed E-state index contributed by atoms with van der Waals surface area (Å²) in [5.41, 5.74) is 4.33. The Morgan fingerprint density at radius 3 is 2.42 bits per heavy atom. The molecule has 1 aliphatic carbocycles. The molecule has 3 rings (SSSR count). The average molecular weight is 356 g/mol. The summed E-state index contributed by atoms with van der Waals surface area (Å²) in [6.45, 7) is 5.20. The number of aromatic nitrogens is 1. The zero-order chi connectivity index (χ0) is 18.7. The maximum atomic E-state index is 11.9. The number of ether oxygens (including phenoxy) is 1. The van der Waals surface area contributed by atoms with E-state index in [2.05, 4.69) is 9.88 Å². The van der Waals surface area contributed by atoms with E-state index in [1.807, 2.05) is 38.1 Å². The molecule has 140 valence electrons. The molecule has 0 saturated heterocycles. The highest BCUT2D eigenvalue weighted by Crippen LogP contribution is 2.26. The first-order chi connectivity index (χ1) is 12.5. The van der Waals surface area contributed by atoms with Crippen molar-refractivity contribution in [3.63, 3.8) is 0 Å². The van der Waals surface area contributed by atoms with Crippen molar-refractivity contribution in [3.8, 4) is 5.75 Å². The molecule has 26 heavy (non-hydrogen) atoms. The first kappa shape index (κ1) is 18.5. The molecule has 1 heterocycles. The summed E-state index contributed by atoms with van der Waals surface area (Å²) < 4.78 is 7.32. The van der Waals surface area contributed by atoms with E-state index in [9.17, 15) is 9.90 Å². The molecule has 0 spiro atoms. The van der Waals surface area contributed by atoms with E-state index < -0.39 is 5.97 Å². The fourth-order valence-corrected chi connectivity index (χ4v) is 3.98. The summed E-state index contributed by atoms with van der Waals surface area (Å²) >= 11 is 0. The van der Waals surface area contributed by atoms with Gasteiger partial charge in [0.25, 0.3) is 0 Å². The number of carboxylic acids is 1. The van der Waals surface area contributed by atoms with Gasteiger partial charge in [0.05, 0.1) is 12.7 Å². The highest BCUT2D eigenvalue weighted by atomic mass is 16.5. The van der Waals surface area contributed by atoms with Gasteiger partial charge in [-0.15, -0.1) is 0 Å². The van der Waals surface area contributed by atoms with Crippen molar-refractivity contribution in [2.24, 2.45) is 0 Å². The fraction of sp³-hybridized carbons (Fsp3) is 0.476. The molecule has 2 N–H and O–H groups in total. The number of methoxy groups -OCH3 is 1. The van der Waals surface area contributed by atoms with Gasteiger partial charge in [0.2, 0.25) is 0 Å². The van der Waals surface area contributed by atoms with Gasteiger partial charge in [0, 0.05) is 36.1 Å². The Balaban J connectivity index is 1.86. The Kier molecular flexibility index (Phi) is 5.67. The van der Waals surface area contributed by atoms with Gasteiger partial charge >= 0.3 is 5.97 Å². The van der Waals surface area contributed by atoms with Crippen LogP contribution in [0.4, 0.5) is 0 Å². The molecule has 1 saturated carbocycles. The number of hydrogen-bond acceptors (Lipinski definition) is 3. The molecule has 1 aromatic heterocycles. The van der Waals surface area contributed by atoms with Crippen molar-refractivity contribution in [3.05, 3.63) is 52.3 Å². The van der Waals surface area contributed by atoms with Gasteiger partial charge in [-0.1, -0.05) is 25.0 Å². The third-order valence-corrected chi connectivity index (χ3v) is 5.55. The summed E-state index contributed by atoms with van der Waals surface area (Å²) in [5.74, 6) is -0.0234. The van der Waals surface area contributed by atoms with Crippen LogP contribution in [0.2, 0.25) is 0 Å². The monoisotopic (exact) mass is 356 g/mol. The van der Waals surface area contributed by atoms with E-state index in [4.69, 9.17) is 4.74 Å². The van der Waals surface area contributed by atoms with Crippen LogP contribution in [0, 0.1) is 13.8 Å². The van der Waals surface area contributed by atoms with Gasteiger partial charge in [0.15, 0.2) is 0 Å². The SMILES string of the molecule is COc1ccc(Cn2c(C)c(CNC3CCCC3)c(C(=O)O)c2C)cc1. The van der Waals surface area contributed by atoms with E-state index >= 15 is 0 Å². The molecule has 1 fully saturated rings. The minimum absolute atomic E-state index is 0.446. The lowest BCUT2D eigenvalue weighted by Crippen LogP contribution is -2.26. The minimum atomic E-state index is -0.845. The number of carboxylic acid groups (broad SMARTS) is 1. The van der Waals surface area contributed by atoms with E-state index in [1.54, 1.807) is 7.11 Å². The predicted octanol–water partition coefficient (Wildman–Crippen LogP) is 3.89. The minimum Gasteiger partial charge on any atom is -0.497 e. The Hall–Kier alpha value is -2.27. The van der Waals surface area contributed by atoms with Crippen LogP contribution in [0.15, 0.2) is 24.3 Å². The summed E-state index contributed by atoms with van der Waals surface area (Å²) in [6.07, 6.45) is 4.90. The zero-order valence-corrected chi connectivity index (χ0v) is 15.8. The van der Waals surface area contributed by atoms with Crippen molar-refractivity contribution in [1.82, 2.24) is 9.88 Å². The van der Waals surface area contributed by atoms with Crippen LogP contribution in [-0.4, -0.2) is 28.8 Å². The molecule has 0 aliphatic heterocycles. The lowest BCUT2D eigenvalue weighted by atomic mass is 10.1. The number of benzene rings is 1. The fourth-order valence-electron chi connectivity index (χ4n) is 3.98. The molecular weight excluding hydrogens is 328 g/mol. The van der Waals surface area contributed by atoms with E-state index in [1.165, 1.54) is 25.7 Å². The van der Waals surface area contributed by atoms with Gasteiger partial charge in [-0.3, -0.25) is 0 Å². The molecule has 2 aromatic rings. The normalized spacial score (nSPS) is 14.7. The van der Waals surface area contributed by atoms with E-state index in [0.717, 1.165) is 28.3 Å². The van der Waals surface area contributed by atoms with Gasteiger partial charge in [-0.25, -0.2) is 4.79 Å². The van der Waals surface area contributed by atoms with Crippen LogP contribution in [0.5, 0.6) is 5.75 Å². The first-order valence-corrected chi connectivity index (χ1v) is 9.29. The van der Waals surface area contributed by atoms with Gasteiger partial charge in [-0.05, 0) is 44.4 Å². The van der Waals surface area contributed by atoms with Gasteiger partial charge in [-0.2, -0.15) is 0 Å². The zero-order valence-electron chi connectivity index (χ0n) is 15.8. The standard InChI is InChI=1S/C21H28N2O3/c1-14-19(12-22-17-6-4-5-7-17)20(21(24)25)15(2)23(14)13-16-8-10-18(26-3)11-9-16/h8-11,17,22H,4-7,12-13H2,1-3H3,(H,24,25). The smallest absolute Gasteiger partial charge is 0.337 e. The number of aromatic carboxylic acids is 1. The van der Waals surface area contributed by atoms with Crippen molar-refractivity contribution < 1.29 is 14.6 Å². The molecule has 0 amide bonds. The summed E-state index contributed by atoms with van der Waals surface area (Å²) in [4.78, 5) is 11.9. The van der Waals surface area contributed by atoms with Crippen molar-refractivity contribution in [2.75, 3.05) is 7.11 Å². The van der Waals surface area contributed by atoms with Crippen molar-refractivity contribution in [2.45, 2.75) is 58.7 Å². The molecule has 5 nitrogen and oxygen atoms in total. The lowest BCUT2D eigenvalue weighted by Gasteiger charge is -2.13. The van der Waals surface area contributed by atoms with Crippen LogP contribution in [0.1, 0.15) is 58.6 Å². The predicted molar refractivity (Wildman–Crippen MR) is 102 cm³/mol. The summed E-state index contributed by atoms with van der Waals surface area (Å²) in [7, 11) is 1.65. The number of carbonyl (C=O) groups is 1. The Morgan fingerprint density at radius 1 is 1.19 bits per heavy atom. The summed E-state index contributed by atoms with van der Waals surface area (Å²) in [5, 5.41) is 13.3. The van der Waals surface area contributed by atoms with Gasteiger partial charge < -0.3 is 19.7 Å². The van der Waals surface area contributed by atoms with Crippen LogP contribution >= 0.6 is 0 Å². The molecule has 0 radical (unpaired) electrons. The molecule has 5 heteroatoms. The molecule has 0 bridgehead atoms. The number of nitrogens with one attached hydrogen (secondary N) is 1. The second kappa shape index (κ2) is 7.96. The third kappa shape index (κ3) is 3.78. The maximum Gasteiger partial charge on any atom is 0.337 e. The molecule has 0 atom stereocenters. The topological polar surface area (TPSA) is 63.5 Å². The van der Waals surface area contributed by atoms with Crippen LogP contribution in [0.25, 0.3) is 0 Å². The van der Waals surface area contributed by atoms with Crippen LogP contribution in [0.3, 0.4) is 0 Å². The summed E-state index contributed by atoms with van der Waals surface area (Å²) in [6, 6.07) is 8.43. The molecular formula is C21H28N2O3. The highest BCUT2D eigenvalue weighted by molar-refractivity contribution is 5.91. The molecule has 1 aliphatic rings. The van der Waals surface area contributed by atoms with Crippen LogP contribution in [-0.2, 0) is 13.1 Å². The van der Waals surface area contributed by atoms with E-state index in [0.29, 0.717) is 24.7 Å². The largest absolute Gasteiger partial charge is 0.497 e. The highest BCUT2D eigenvalue weighted by Gasteiger charge is 2.24. The van der Waals surface area contributed by atoms with Crippen molar-refractivity contribution >= 4 is 5.97 Å². The average Bonchev–Trinajstić information content (AvgIpc) is 3.22. The van der Waals surface area contributed by atoms with Gasteiger partial charge in [0.1, 0.15) is 5.75 Å². The molecule has 1 aromatic carbocycles. The Labute approximate surface area is 155 Å². The maximum absolute atomic E-state index is 11.9. The quantitative estimate of drug-likeness (QED) is 0.790. The van der Waals surface area contributed by atoms with Crippen LogP contribution < -0.4 is 10.1 Å². The third-order valence-electron chi connectivity index (χ3n) is 5.55. The Bertz CT molecular complexity index is 772. The number of rotatable bonds is 7. The lowest BCUT2D eigenvalue weighted by molar-refractivity contribution is 0.0694. The number of nitrogens with zero attached hydrogens (tertiary/aromatic N) is 1. The Morgan fingerprint density at radius 2 is 1.85 bits per heavy atom. The van der Waals surface area contributed by atoms with E-state index in [-0.39, 0.29) is 0 Å². The first-order valence-electron chi connectivity index (χ1n) is 9.29. The van der Waals surface area contributed by atoms with Crippen molar-refractivity contribution in [1.29, 1.82) is 0 Å². The number of hydrogen-bond donors (Lipinski definition) is 2. The second-order valence-electron chi connectivity index (χ2n) is 7.13. The second-order valence-corrected chi connectivity index (χ2v) is 7.13. The molecule has 0 unspecified atom stereocenters.